The lowest BCUT2D eigenvalue weighted by molar-refractivity contribution is -0.142. The predicted molar refractivity (Wildman–Crippen MR) is 173 cm³/mol. The number of hydrogen-bond donors (Lipinski definition) is 0. The van der Waals surface area contributed by atoms with Crippen molar-refractivity contribution in [2.75, 3.05) is 32.9 Å². The van der Waals surface area contributed by atoms with Gasteiger partial charge in [-0.15, -0.1) is 11.3 Å². The van der Waals surface area contributed by atoms with Gasteiger partial charge >= 0.3 is 12.5 Å². The summed E-state index contributed by atoms with van der Waals surface area (Å²) in [6.45, 7) is 4.69. The van der Waals surface area contributed by atoms with Crippen LogP contribution in [-0.2, 0) is 20.7 Å². The summed E-state index contributed by atoms with van der Waals surface area (Å²) in [6.07, 6.45) is 1.86. The van der Waals surface area contributed by atoms with Crippen molar-refractivity contribution in [3.63, 3.8) is 0 Å². The van der Waals surface area contributed by atoms with Crippen LogP contribution in [0.25, 0.3) is 42.8 Å². The first kappa shape index (κ1) is 30.2. The summed E-state index contributed by atoms with van der Waals surface area (Å²) in [7, 11) is 0. The maximum absolute atomic E-state index is 14.1. The maximum Gasteiger partial charge on any atom is 0.333 e. The first-order chi connectivity index (χ1) is 21.8. The van der Waals surface area contributed by atoms with Crippen molar-refractivity contribution < 1.29 is 23.0 Å². The lowest BCUT2D eigenvalue weighted by Gasteiger charge is -2.41. The molecular weight excluding hydrogens is 618 g/mol. The molecule has 11 heteroatoms. The van der Waals surface area contributed by atoms with Gasteiger partial charge in [0.1, 0.15) is 5.01 Å². The molecule has 0 amide bonds. The molecule has 0 aliphatic carbocycles. The summed E-state index contributed by atoms with van der Waals surface area (Å²) in [4.78, 5) is 20.1. The number of piperidine rings is 1. The summed E-state index contributed by atoms with van der Waals surface area (Å²) < 4.78 is 40.7. The highest BCUT2D eigenvalue weighted by Gasteiger charge is 2.32. The van der Waals surface area contributed by atoms with Gasteiger partial charge in [-0.2, -0.15) is 13.9 Å². The molecule has 0 bridgehead atoms. The summed E-state index contributed by atoms with van der Waals surface area (Å²) in [6, 6.07) is 15.6. The average molecular weight is 651 g/mol. The van der Waals surface area contributed by atoms with E-state index >= 15 is 0 Å². The lowest BCUT2D eigenvalue weighted by atomic mass is 9.90. The maximum atomic E-state index is 14.1. The third-order valence-corrected chi connectivity index (χ3v) is 10.4. The average Bonchev–Trinajstić information content (AvgIpc) is 3.59. The molecule has 2 saturated heterocycles. The topological polar surface area (TPSA) is 69.5 Å². The Morgan fingerprint density at radius 3 is 2.51 bits per heavy atom. The van der Waals surface area contributed by atoms with Crippen LogP contribution in [0.3, 0.4) is 0 Å². The number of carbonyl (C=O) groups is 1. The van der Waals surface area contributed by atoms with E-state index in [2.05, 4.69) is 10.00 Å². The summed E-state index contributed by atoms with van der Waals surface area (Å²) in [5, 5.41) is 6.61. The number of aromatic nitrogens is 3. The molecule has 7 rings (SSSR count). The van der Waals surface area contributed by atoms with Crippen molar-refractivity contribution in [2.24, 2.45) is 0 Å². The standard InChI is InChI=1S/C34H33ClF2N4O3S/c1-3-44-29(42)16-25-19(2)14-27-32(30(25)20-4-7-23(35)8-5-20)45-33(38-27)22-6-9-28-26(15-22)31(39-41(28)34(36)37)21-10-12-40(13-11-21)24-17-43-18-24/h4-9,14-15,21,24,34H,3,10-13,16-18H2,1-2H3. The SMILES string of the molecule is CCOC(=O)Cc1c(C)cc2nc(-c3ccc4c(c3)c(C3CCN(C5COC5)CC3)nn4C(F)F)sc2c1-c1ccc(Cl)cc1. The molecule has 2 aliphatic rings. The van der Waals surface area contributed by atoms with Crippen molar-refractivity contribution >= 4 is 50.0 Å². The number of nitrogens with zero attached hydrogens (tertiary/aromatic N) is 4. The molecule has 0 atom stereocenters. The number of ether oxygens (including phenoxy) is 2. The van der Waals surface area contributed by atoms with Crippen LogP contribution in [0, 0.1) is 6.92 Å². The van der Waals surface area contributed by atoms with Gasteiger partial charge in [0.15, 0.2) is 0 Å². The van der Waals surface area contributed by atoms with Crippen LogP contribution in [0.15, 0.2) is 48.5 Å². The second-order valence-electron chi connectivity index (χ2n) is 11.7. The van der Waals surface area contributed by atoms with Gasteiger partial charge in [-0.1, -0.05) is 23.7 Å². The van der Waals surface area contributed by atoms with Gasteiger partial charge in [0.05, 0.1) is 53.7 Å². The van der Waals surface area contributed by atoms with Crippen molar-refractivity contribution in [3.8, 4) is 21.7 Å². The number of alkyl halides is 2. The van der Waals surface area contributed by atoms with Crippen molar-refractivity contribution in [1.82, 2.24) is 19.7 Å². The summed E-state index contributed by atoms with van der Waals surface area (Å²) in [5.41, 5.74) is 6.48. The molecule has 2 aliphatic heterocycles. The van der Waals surface area contributed by atoms with E-state index in [-0.39, 0.29) is 18.3 Å². The number of fused-ring (bicyclic) bond motifs is 2. The first-order valence-electron chi connectivity index (χ1n) is 15.3. The molecular formula is C34H33ClF2N4O3S. The first-order valence-corrected chi connectivity index (χ1v) is 16.5. The molecule has 3 aromatic carbocycles. The molecule has 7 nitrogen and oxygen atoms in total. The van der Waals surface area contributed by atoms with E-state index in [1.807, 2.05) is 49.4 Å². The highest BCUT2D eigenvalue weighted by atomic mass is 35.5. The molecule has 0 unspecified atom stereocenters. The number of carbonyl (C=O) groups excluding carboxylic acids is 1. The van der Waals surface area contributed by atoms with Crippen LogP contribution < -0.4 is 0 Å². The molecule has 45 heavy (non-hydrogen) atoms. The smallest absolute Gasteiger partial charge is 0.333 e. The highest BCUT2D eigenvalue weighted by molar-refractivity contribution is 7.22. The van der Waals surface area contributed by atoms with Gasteiger partial charge in [0.25, 0.3) is 0 Å². The van der Waals surface area contributed by atoms with Crippen LogP contribution in [0.1, 0.15) is 49.1 Å². The fourth-order valence-electron chi connectivity index (χ4n) is 6.59. The second kappa shape index (κ2) is 12.4. The Bertz CT molecular complexity index is 1880. The van der Waals surface area contributed by atoms with E-state index in [0.717, 1.165) is 97.9 Å². The van der Waals surface area contributed by atoms with E-state index in [0.29, 0.717) is 23.2 Å². The largest absolute Gasteiger partial charge is 0.466 e. The number of rotatable bonds is 8. The Kier molecular flexibility index (Phi) is 8.33. The normalized spacial score (nSPS) is 16.6. The van der Waals surface area contributed by atoms with Crippen molar-refractivity contribution in [1.29, 1.82) is 0 Å². The van der Waals surface area contributed by atoms with E-state index in [1.165, 1.54) is 11.3 Å². The molecule has 0 radical (unpaired) electrons. The van der Waals surface area contributed by atoms with Gasteiger partial charge in [0.2, 0.25) is 0 Å². The summed E-state index contributed by atoms with van der Waals surface area (Å²) >= 11 is 7.75. The molecule has 4 heterocycles. The van der Waals surface area contributed by atoms with Gasteiger partial charge in [-0.25, -0.2) is 9.67 Å². The lowest BCUT2D eigenvalue weighted by Crippen LogP contribution is -2.51. The minimum Gasteiger partial charge on any atom is -0.466 e. The zero-order valence-corrected chi connectivity index (χ0v) is 26.6. The van der Waals surface area contributed by atoms with E-state index in [4.69, 9.17) is 26.1 Å². The Labute approximate surface area is 268 Å². The monoisotopic (exact) mass is 650 g/mol. The predicted octanol–water partition coefficient (Wildman–Crippen LogP) is 8.02. The highest BCUT2D eigenvalue weighted by Crippen LogP contribution is 2.43. The van der Waals surface area contributed by atoms with Crippen LogP contribution in [0.4, 0.5) is 8.78 Å². The molecule has 0 saturated carbocycles. The Morgan fingerprint density at radius 1 is 1.11 bits per heavy atom. The van der Waals surface area contributed by atoms with E-state index < -0.39 is 6.55 Å². The molecule has 2 fully saturated rings. The van der Waals surface area contributed by atoms with Crippen LogP contribution in [0.2, 0.25) is 5.02 Å². The Hall–Kier alpha value is -3.44. The van der Waals surface area contributed by atoms with Gasteiger partial charge in [0, 0.05) is 27.5 Å². The number of esters is 1. The Balaban J connectivity index is 1.31. The third-order valence-electron chi connectivity index (χ3n) is 8.99. The van der Waals surface area contributed by atoms with Crippen molar-refractivity contribution in [3.05, 3.63) is 70.4 Å². The number of likely N-dealkylation sites (tertiary alicyclic amines) is 1. The summed E-state index contributed by atoms with van der Waals surface area (Å²) in [5.74, 6) is -0.194. The quantitative estimate of drug-likeness (QED) is 0.158. The third kappa shape index (κ3) is 5.73. The second-order valence-corrected chi connectivity index (χ2v) is 13.2. The van der Waals surface area contributed by atoms with Crippen molar-refractivity contribution in [2.45, 2.75) is 51.6 Å². The number of halogens is 3. The number of hydrogen-bond acceptors (Lipinski definition) is 7. The molecule has 0 N–H and O–H groups in total. The van der Waals surface area contributed by atoms with Crippen LogP contribution in [-0.4, -0.2) is 64.6 Å². The minimum absolute atomic E-state index is 0.0972. The van der Waals surface area contributed by atoms with Gasteiger partial charge < -0.3 is 9.47 Å². The Morgan fingerprint density at radius 2 is 1.84 bits per heavy atom. The fourth-order valence-corrected chi connectivity index (χ4v) is 7.85. The van der Waals surface area contributed by atoms with Crippen LogP contribution >= 0.6 is 22.9 Å². The number of benzene rings is 3. The fraction of sp³-hybridized carbons (Fsp3) is 0.382. The zero-order chi connectivity index (χ0) is 31.2. The van der Waals surface area contributed by atoms with Gasteiger partial charge in [-0.05, 0) is 92.9 Å². The van der Waals surface area contributed by atoms with Crippen LogP contribution in [0.5, 0.6) is 0 Å². The molecule has 5 aromatic rings. The number of aryl methyl sites for hydroxylation is 1. The molecule has 2 aromatic heterocycles. The molecule has 0 spiro atoms. The van der Waals surface area contributed by atoms with E-state index in [1.54, 1.807) is 13.0 Å². The molecule has 234 valence electrons. The van der Waals surface area contributed by atoms with Gasteiger partial charge in [-0.3, -0.25) is 9.69 Å². The number of thiazole rings is 1. The minimum atomic E-state index is -2.73. The zero-order valence-electron chi connectivity index (χ0n) is 25.1. The van der Waals surface area contributed by atoms with E-state index in [9.17, 15) is 13.6 Å².